The van der Waals surface area contributed by atoms with Crippen LogP contribution < -0.4 is 5.32 Å². The summed E-state index contributed by atoms with van der Waals surface area (Å²) in [6, 6.07) is 16.5. The molecule has 0 aliphatic rings. The zero-order valence-corrected chi connectivity index (χ0v) is 15.9. The third kappa shape index (κ3) is 3.95. The normalized spacial score (nSPS) is 10.8. The van der Waals surface area contributed by atoms with Gasteiger partial charge in [0.2, 0.25) is 0 Å². The molecule has 0 amide bonds. The molecule has 1 heterocycles. The SMILES string of the molecule is CSc1ccc(Nc2nc(-c3ccc(SC)cc3)c(CO)s2)cc1. The van der Waals surface area contributed by atoms with Gasteiger partial charge in [-0.25, -0.2) is 4.98 Å². The van der Waals surface area contributed by atoms with Gasteiger partial charge in [0.05, 0.1) is 17.2 Å². The first-order valence-electron chi connectivity index (χ1n) is 7.39. The molecule has 0 aliphatic carbocycles. The lowest BCUT2D eigenvalue weighted by molar-refractivity contribution is 0.286. The molecule has 124 valence electrons. The highest BCUT2D eigenvalue weighted by Crippen LogP contribution is 2.33. The standard InChI is InChI=1S/C18H18N2OS3/c1-22-14-7-3-12(4-8-14)17-16(11-21)24-18(20-17)19-13-5-9-15(23-2)10-6-13/h3-10,21H,11H2,1-2H3,(H,19,20). The molecule has 6 heteroatoms. The molecule has 0 saturated carbocycles. The average Bonchev–Trinajstić information content (AvgIpc) is 3.05. The van der Waals surface area contributed by atoms with E-state index in [0.717, 1.165) is 27.0 Å². The molecule has 0 atom stereocenters. The molecular formula is C18H18N2OS3. The highest BCUT2D eigenvalue weighted by atomic mass is 32.2. The second-order valence-corrected chi connectivity index (χ2v) is 7.87. The molecule has 0 fully saturated rings. The fourth-order valence-electron chi connectivity index (χ4n) is 2.28. The van der Waals surface area contributed by atoms with Crippen LogP contribution in [-0.4, -0.2) is 22.6 Å². The van der Waals surface area contributed by atoms with Gasteiger partial charge >= 0.3 is 0 Å². The number of nitrogens with one attached hydrogen (secondary N) is 1. The maximum absolute atomic E-state index is 9.66. The van der Waals surface area contributed by atoms with E-state index < -0.39 is 0 Å². The minimum Gasteiger partial charge on any atom is -0.391 e. The van der Waals surface area contributed by atoms with Crippen LogP contribution in [0, 0.1) is 0 Å². The molecule has 0 radical (unpaired) electrons. The highest BCUT2D eigenvalue weighted by Gasteiger charge is 2.13. The van der Waals surface area contributed by atoms with Crippen molar-refractivity contribution in [3.8, 4) is 11.3 Å². The van der Waals surface area contributed by atoms with Crippen molar-refractivity contribution in [2.24, 2.45) is 0 Å². The molecule has 2 N–H and O–H groups in total. The molecule has 3 aromatic rings. The second-order valence-electron chi connectivity index (χ2n) is 5.03. The Labute approximate surface area is 154 Å². The van der Waals surface area contributed by atoms with E-state index in [1.165, 1.54) is 21.1 Å². The van der Waals surface area contributed by atoms with E-state index in [1.807, 2.05) is 12.1 Å². The van der Waals surface area contributed by atoms with Crippen molar-refractivity contribution >= 4 is 45.7 Å². The number of rotatable bonds is 6. The van der Waals surface area contributed by atoms with E-state index in [9.17, 15) is 5.11 Å². The van der Waals surface area contributed by atoms with Crippen molar-refractivity contribution in [2.45, 2.75) is 16.4 Å². The van der Waals surface area contributed by atoms with Gasteiger partial charge in [0, 0.05) is 21.0 Å². The van der Waals surface area contributed by atoms with E-state index in [4.69, 9.17) is 0 Å². The van der Waals surface area contributed by atoms with Crippen LogP contribution >= 0.6 is 34.9 Å². The van der Waals surface area contributed by atoms with E-state index >= 15 is 0 Å². The molecule has 3 nitrogen and oxygen atoms in total. The van der Waals surface area contributed by atoms with Gasteiger partial charge < -0.3 is 10.4 Å². The lowest BCUT2D eigenvalue weighted by Crippen LogP contribution is -1.89. The maximum Gasteiger partial charge on any atom is 0.188 e. The first-order chi connectivity index (χ1) is 11.7. The quantitative estimate of drug-likeness (QED) is 0.559. The van der Waals surface area contributed by atoms with Gasteiger partial charge in [0.1, 0.15) is 0 Å². The number of aromatic nitrogens is 1. The maximum atomic E-state index is 9.66. The summed E-state index contributed by atoms with van der Waals surface area (Å²) < 4.78 is 0. The zero-order valence-electron chi connectivity index (χ0n) is 13.4. The summed E-state index contributed by atoms with van der Waals surface area (Å²) in [5.74, 6) is 0. The molecular weight excluding hydrogens is 356 g/mol. The summed E-state index contributed by atoms with van der Waals surface area (Å²) in [6.07, 6.45) is 4.12. The van der Waals surface area contributed by atoms with Gasteiger partial charge in [0.15, 0.2) is 5.13 Å². The third-order valence-corrected chi connectivity index (χ3v) is 5.99. The number of thiazole rings is 1. The lowest BCUT2D eigenvalue weighted by Gasteiger charge is -2.03. The molecule has 3 rings (SSSR count). The predicted molar refractivity (Wildman–Crippen MR) is 107 cm³/mol. The lowest BCUT2D eigenvalue weighted by atomic mass is 10.1. The average molecular weight is 375 g/mol. The van der Waals surface area contributed by atoms with Crippen LogP contribution in [0.4, 0.5) is 10.8 Å². The largest absolute Gasteiger partial charge is 0.391 e. The minimum atomic E-state index is -0.00955. The summed E-state index contributed by atoms with van der Waals surface area (Å²) in [4.78, 5) is 7.99. The number of hydrogen-bond acceptors (Lipinski definition) is 6. The summed E-state index contributed by atoms with van der Waals surface area (Å²) >= 11 is 4.92. The number of aliphatic hydroxyl groups is 1. The molecule has 0 bridgehead atoms. The Hall–Kier alpha value is -1.47. The Morgan fingerprint density at radius 3 is 2.08 bits per heavy atom. The topological polar surface area (TPSA) is 45.2 Å². The highest BCUT2D eigenvalue weighted by molar-refractivity contribution is 7.98. The second kappa shape index (κ2) is 8.07. The van der Waals surface area contributed by atoms with Crippen molar-refractivity contribution in [1.29, 1.82) is 0 Å². The van der Waals surface area contributed by atoms with E-state index in [0.29, 0.717) is 0 Å². The van der Waals surface area contributed by atoms with E-state index in [-0.39, 0.29) is 6.61 Å². The van der Waals surface area contributed by atoms with Gasteiger partial charge in [-0.05, 0) is 48.9 Å². The monoisotopic (exact) mass is 374 g/mol. The van der Waals surface area contributed by atoms with Crippen molar-refractivity contribution in [1.82, 2.24) is 4.98 Å². The third-order valence-electron chi connectivity index (χ3n) is 3.55. The number of aliphatic hydroxyl groups excluding tert-OH is 1. The predicted octanol–water partition coefficient (Wildman–Crippen LogP) is 5.49. The Kier molecular flexibility index (Phi) is 5.84. The molecule has 1 aromatic heterocycles. The summed E-state index contributed by atoms with van der Waals surface area (Å²) in [6.45, 7) is -0.00955. The van der Waals surface area contributed by atoms with Crippen LogP contribution in [0.15, 0.2) is 58.3 Å². The minimum absolute atomic E-state index is 0.00955. The van der Waals surface area contributed by atoms with Crippen molar-refractivity contribution < 1.29 is 5.11 Å². The smallest absolute Gasteiger partial charge is 0.188 e. The molecule has 0 aliphatic heterocycles. The van der Waals surface area contributed by atoms with Gasteiger partial charge in [0.25, 0.3) is 0 Å². The van der Waals surface area contributed by atoms with E-state index in [1.54, 1.807) is 23.5 Å². The van der Waals surface area contributed by atoms with Gasteiger partial charge in [-0.3, -0.25) is 0 Å². The zero-order chi connectivity index (χ0) is 16.9. The number of benzene rings is 2. The fraction of sp³-hybridized carbons (Fsp3) is 0.167. The van der Waals surface area contributed by atoms with Crippen LogP contribution in [0.5, 0.6) is 0 Å². The first kappa shape index (κ1) is 17.4. The van der Waals surface area contributed by atoms with Crippen molar-refractivity contribution in [3.05, 3.63) is 53.4 Å². The Morgan fingerprint density at radius 2 is 1.54 bits per heavy atom. The van der Waals surface area contributed by atoms with Gasteiger partial charge in [-0.2, -0.15) is 0 Å². The Balaban J connectivity index is 1.85. The van der Waals surface area contributed by atoms with E-state index in [2.05, 4.69) is 59.2 Å². The summed E-state index contributed by atoms with van der Waals surface area (Å²) in [5.41, 5.74) is 2.87. The van der Waals surface area contributed by atoms with Crippen LogP contribution in [0.2, 0.25) is 0 Å². The number of hydrogen-bond donors (Lipinski definition) is 2. The molecule has 24 heavy (non-hydrogen) atoms. The van der Waals surface area contributed by atoms with Crippen LogP contribution in [0.25, 0.3) is 11.3 Å². The molecule has 2 aromatic carbocycles. The molecule has 0 saturated heterocycles. The molecule has 0 spiro atoms. The summed E-state index contributed by atoms with van der Waals surface area (Å²) in [5, 5.41) is 13.8. The molecule has 0 unspecified atom stereocenters. The summed E-state index contributed by atoms with van der Waals surface area (Å²) in [7, 11) is 0. The number of anilines is 2. The van der Waals surface area contributed by atoms with Gasteiger partial charge in [-0.1, -0.05) is 23.5 Å². The van der Waals surface area contributed by atoms with Crippen molar-refractivity contribution in [2.75, 3.05) is 17.8 Å². The van der Waals surface area contributed by atoms with Crippen molar-refractivity contribution in [3.63, 3.8) is 0 Å². The van der Waals surface area contributed by atoms with Gasteiger partial charge in [-0.15, -0.1) is 23.5 Å². The van der Waals surface area contributed by atoms with Crippen LogP contribution in [-0.2, 0) is 6.61 Å². The number of nitrogens with zero attached hydrogens (tertiary/aromatic N) is 1. The number of thioether (sulfide) groups is 2. The first-order valence-corrected chi connectivity index (χ1v) is 10.7. The van der Waals surface area contributed by atoms with Crippen LogP contribution in [0.1, 0.15) is 4.88 Å². The Morgan fingerprint density at radius 1 is 0.958 bits per heavy atom. The van der Waals surface area contributed by atoms with Crippen LogP contribution in [0.3, 0.4) is 0 Å². The fourth-order valence-corrected chi connectivity index (χ4v) is 3.97. The Bertz CT molecular complexity index is 798.